The minimum atomic E-state index is -0.227. The molecule has 0 aromatic rings. The Hall–Kier alpha value is 0.137. The Labute approximate surface area is 59.4 Å². The first-order valence-corrected chi connectivity index (χ1v) is 4.99. The van der Waals surface area contributed by atoms with Crippen LogP contribution in [0.25, 0.3) is 0 Å². The van der Waals surface area contributed by atoms with E-state index in [1.54, 1.807) is 14.2 Å². The highest BCUT2D eigenvalue weighted by molar-refractivity contribution is 6.38. The van der Waals surface area contributed by atoms with Crippen molar-refractivity contribution in [2.24, 2.45) is 0 Å². The molecular weight excluding hydrogens is 132 g/mol. The smallest absolute Gasteiger partial charge is 0.141 e. The molecule has 0 aliphatic heterocycles. The van der Waals surface area contributed by atoms with Gasteiger partial charge in [0.2, 0.25) is 0 Å². The van der Waals surface area contributed by atoms with Crippen molar-refractivity contribution < 1.29 is 9.47 Å². The molecule has 0 bridgehead atoms. The molecule has 0 amide bonds. The van der Waals surface area contributed by atoms with Gasteiger partial charge in [-0.2, -0.15) is 0 Å². The zero-order valence-electron chi connectivity index (χ0n) is 6.73. The van der Waals surface area contributed by atoms with Gasteiger partial charge in [0.05, 0.1) is 9.52 Å². The summed E-state index contributed by atoms with van der Waals surface area (Å²) in [4.78, 5) is 0. The predicted octanol–water partition coefficient (Wildman–Crippen LogP) is 0.560. The lowest BCUT2D eigenvalue weighted by molar-refractivity contribution is -0.130. The molecule has 0 radical (unpaired) electrons. The second-order valence-electron chi connectivity index (χ2n) is 2.29. The number of rotatable bonds is 4. The topological polar surface area (TPSA) is 18.5 Å². The second-order valence-corrected chi connectivity index (χ2v) is 5.08. The lowest BCUT2D eigenvalue weighted by Gasteiger charge is -2.25. The van der Waals surface area contributed by atoms with Crippen LogP contribution >= 0.6 is 0 Å². The summed E-state index contributed by atoms with van der Waals surface area (Å²) in [5.74, 6) is 0. The second kappa shape index (κ2) is 4.03. The Balaban J connectivity index is 3.62. The monoisotopic (exact) mass is 148 g/mol. The zero-order valence-corrected chi connectivity index (χ0v) is 8.14. The molecule has 0 aliphatic rings. The van der Waals surface area contributed by atoms with E-state index in [-0.39, 0.29) is 14.9 Å². The Morgan fingerprint density at radius 2 is 1.78 bits per heavy atom. The van der Waals surface area contributed by atoms with Crippen LogP contribution in [0.1, 0.15) is 13.8 Å². The molecule has 0 aliphatic carbocycles. The van der Waals surface area contributed by atoms with Crippen molar-refractivity contribution in [2.75, 3.05) is 14.2 Å². The van der Waals surface area contributed by atoms with Crippen molar-refractivity contribution in [3.63, 3.8) is 0 Å². The van der Waals surface area contributed by atoms with E-state index in [4.69, 9.17) is 9.47 Å². The molecule has 0 saturated carbocycles. The standard InChI is InChI=1S/C6H16O2Si/c1-5-9-6(2,7-3)8-4/h5,9H2,1-4H3. The Bertz CT molecular complexity index is 71.5. The molecule has 9 heavy (non-hydrogen) atoms. The van der Waals surface area contributed by atoms with Gasteiger partial charge in [-0.1, -0.05) is 13.0 Å². The maximum Gasteiger partial charge on any atom is 0.141 e. The molecule has 56 valence electrons. The van der Waals surface area contributed by atoms with Crippen molar-refractivity contribution >= 4 is 9.52 Å². The van der Waals surface area contributed by atoms with E-state index in [1.165, 1.54) is 6.04 Å². The first kappa shape index (κ1) is 9.14. The summed E-state index contributed by atoms with van der Waals surface area (Å²) in [6.45, 7) is 4.17. The number of hydrogen-bond donors (Lipinski definition) is 0. The van der Waals surface area contributed by atoms with Gasteiger partial charge in [0.15, 0.2) is 0 Å². The fourth-order valence-corrected chi connectivity index (χ4v) is 2.06. The van der Waals surface area contributed by atoms with Crippen LogP contribution in [0.15, 0.2) is 0 Å². The first-order chi connectivity index (χ1) is 4.18. The van der Waals surface area contributed by atoms with Crippen molar-refractivity contribution in [2.45, 2.75) is 25.3 Å². The molecule has 0 aromatic carbocycles. The van der Waals surface area contributed by atoms with E-state index >= 15 is 0 Å². The van der Waals surface area contributed by atoms with E-state index in [2.05, 4.69) is 6.92 Å². The molecule has 0 unspecified atom stereocenters. The van der Waals surface area contributed by atoms with E-state index in [0.29, 0.717) is 0 Å². The highest BCUT2D eigenvalue weighted by atomic mass is 28.2. The van der Waals surface area contributed by atoms with Crippen LogP contribution in [0.4, 0.5) is 0 Å². The van der Waals surface area contributed by atoms with Gasteiger partial charge in [-0.25, -0.2) is 0 Å². The average molecular weight is 148 g/mol. The number of hydrogen-bond acceptors (Lipinski definition) is 2. The van der Waals surface area contributed by atoms with E-state index < -0.39 is 0 Å². The predicted molar refractivity (Wildman–Crippen MR) is 41.4 cm³/mol. The van der Waals surface area contributed by atoms with Crippen LogP contribution in [-0.4, -0.2) is 29.1 Å². The van der Waals surface area contributed by atoms with E-state index in [9.17, 15) is 0 Å². The van der Waals surface area contributed by atoms with Gasteiger partial charge in [0.25, 0.3) is 0 Å². The largest absolute Gasteiger partial charge is 0.358 e. The maximum atomic E-state index is 5.17. The van der Waals surface area contributed by atoms with Crippen LogP contribution in [0.2, 0.25) is 6.04 Å². The zero-order chi connectivity index (χ0) is 7.33. The number of methoxy groups -OCH3 is 2. The molecule has 0 aromatic heterocycles. The van der Waals surface area contributed by atoms with Gasteiger partial charge in [-0.05, 0) is 6.92 Å². The highest BCUT2D eigenvalue weighted by Crippen LogP contribution is 2.08. The maximum absolute atomic E-state index is 5.17. The highest BCUT2D eigenvalue weighted by Gasteiger charge is 2.20. The fraction of sp³-hybridized carbons (Fsp3) is 1.00. The fourth-order valence-electron chi connectivity index (χ4n) is 0.742. The molecule has 0 saturated heterocycles. The number of ether oxygens (including phenoxy) is 2. The average Bonchev–Trinajstić information content (AvgIpc) is 1.89. The van der Waals surface area contributed by atoms with Crippen LogP contribution in [0.3, 0.4) is 0 Å². The quantitative estimate of drug-likeness (QED) is 0.428. The Kier molecular flexibility index (Phi) is 4.09. The van der Waals surface area contributed by atoms with Crippen LogP contribution in [0, 0.1) is 0 Å². The molecule has 0 atom stereocenters. The van der Waals surface area contributed by atoms with Gasteiger partial charge in [-0.15, -0.1) is 0 Å². The van der Waals surface area contributed by atoms with Crippen LogP contribution in [-0.2, 0) is 9.47 Å². The van der Waals surface area contributed by atoms with Gasteiger partial charge in [0.1, 0.15) is 5.41 Å². The summed E-state index contributed by atoms with van der Waals surface area (Å²) in [5, 5.41) is 0. The van der Waals surface area contributed by atoms with E-state index in [0.717, 1.165) is 0 Å². The lowest BCUT2D eigenvalue weighted by atomic mass is 10.7. The summed E-state index contributed by atoms with van der Waals surface area (Å²) >= 11 is 0. The first-order valence-electron chi connectivity index (χ1n) is 3.29. The third-order valence-corrected chi connectivity index (χ3v) is 3.55. The van der Waals surface area contributed by atoms with Gasteiger partial charge >= 0.3 is 0 Å². The van der Waals surface area contributed by atoms with Gasteiger partial charge < -0.3 is 9.47 Å². The molecule has 0 spiro atoms. The molecule has 2 nitrogen and oxygen atoms in total. The SMILES string of the molecule is CC[SiH2]C(C)(OC)OC. The van der Waals surface area contributed by atoms with Crippen molar-refractivity contribution in [1.82, 2.24) is 0 Å². The lowest BCUT2D eigenvalue weighted by Crippen LogP contribution is -2.36. The molecule has 0 heterocycles. The Morgan fingerprint density at radius 3 is 1.89 bits per heavy atom. The van der Waals surface area contributed by atoms with Gasteiger partial charge in [-0.3, -0.25) is 0 Å². The Morgan fingerprint density at radius 1 is 1.33 bits per heavy atom. The minimum absolute atomic E-state index is 0.205. The summed E-state index contributed by atoms with van der Waals surface area (Å²) in [6, 6.07) is 1.22. The minimum Gasteiger partial charge on any atom is -0.358 e. The summed E-state index contributed by atoms with van der Waals surface area (Å²) in [5.41, 5.74) is -0.227. The molecule has 3 heteroatoms. The van der Waals surface area contributed by atoms with Crippen molar-refractivity contribution in [1.29, 1.82) is 0 Å². The van der Waals surface area contributed by atoms with Crippen LogP contribution < -0.4 is 0 Å². The van der Waals surface area contributed by atoms with E-state index in [1.807, 2.05) is 6.92 Å². The van der Waals surface area contributed by atoms with Gasteiger partial charge in [0, 0.05) is 14.2 Å². The normalized spacial score (nSPS) is 13.3. The van der Waals surface area contributed by atoms with Crippen molar-refractivity contribution in [3.8, 4) is 0 Å². The molecule has 0 fully saturated rings. The summed E-state index contributed by atoms with van der Waals surface area (Å²) in [7, 11) is 3.20. The third kappa shape index (κ3) is 2.98. The molecule has 0 N–H and O–H groups in total. The van der Waals surface area contributed by atoms with Crippen LogP contribution in [0.5, 0.6) is 0 Å². The molecular formula is C6H16O2Si. The summed E-state index contributed by atoms with van der Waals surface area (Å²) in [6.07, 6.45) is 0. The summed E-state index contributed by atoms with van der Waals surface area (Å²) < 4.78 is 10.3. The molecule has 0 rings (SSSR count). The van der Waals surface area contributed by atoms with Crippen molar-refractivity contribution in [3.05, 3.63) is 0 Å². The third-order valence-electron chi connectivity index (χ3n) is 1.57.